The zero-order chi connectivity index (χ0) is 30.3. The molecule has 2 heterocycles. The molecule has 2 aromatic carbocycles. The van der Waals surface area contributed by atoms with Crippen molar-refractivity contribution in [3.63, 3.8) is 0 Å². The van der Waals surface area contributed by atoms with Crippen molar-refractivity contribution in [3.8, 4) is 0 Å². The van der Waals surface area contributed by atoms with Gasteiger partial charge in [-0.15, -0.1) is 0 Å². The lowest BCUT2D eigenvalue weighted by atomic mass is 10.00. The normalized spacial score (nSPS) is 22.5. The molecule has 2 aliphatic rings. The molecule has 2 saturated heterocycles. The summed E-state index contributed by atoms with van der Waals surface area (Å²) in [5.74, 6) is -2.09. The lowest BCUT2D eigenvalue weighted by molar-refractivity contribution is -0.0440. The first-order valence-electron chi connectivity index (χ1n) is 13.3. The number of sulfonamides is 1. The monoisotopic (exact) mass is 613 g/mol. The van der Waals surface area contributed by atoms with Crippen molar-refractivity contribution < 1.29 is 36.3 Å². The highest BCUT2D eigenvalue weighted by atomic mass is 35.5. The zero-order valence-electron chi connectivity index (χ0n) is 23.6. The van der Waals surface area contributed by atoms with Crippen LogP contribution in [0.25, 0.3) is 0 Å². The van der Waals surface area contributed by atoms with Gasteiger partial charge in [0.1, 0.15) is 22.1 Å². The van der Waals surface area contributed by atoms with Crippen molar-refractivity contribution >= 4 is 33.6 Å². The topological polar surface area (TPSA) is 96.5 Å². The van der Waals surface area contributed by atoms with Gasteiger partial charge in [0.05, 0.1) is 23.3 Å². The van der Waals surface area contributed by atoms with Gasteiger partial charge in [-0.2, -0.15) is 4.31 Å². The Labute approximate surface area is 244 Å². The smallest absolute Gasteiger partial charge is 0.410 e. The summed E-state index contributed by atoms with van der Waals surface area (Å²) >= 11 is 6.32. The van der Waals surface area contributed by atoms with Gasteiger partial charge in [0.25, 0.3) is 5.91 Å². The fourth-order valence-corrected chi connectivity index (χ4v) is 7.11. The predicted octanol–water partition coefficient (Wildman–Crippen LogP) is 4.85. The molecule has 13 heteroatoms. The molecule has 41 heavy (non-hydrogen) atoms. The van der Waals surface area contributed by atoms with Crippen LogP contribution in [-0.2, 0) is 19.5 Å². The molecular weight excluding hydrogens is 580 g/mol. The highest BCUT2D eigenvalue weighted by Gasteiger charge is 2.38. The minimum absolute atomic E-state index is 0.00476. The number of piperazine rings is 1. The molecule has 0 aliphatic carbocycles. The highest BCUT2D eigenvalue weighted by molar-refractivity contribution is 7.89. The summed E-state index contributed by atoms with van der Waals surface area (Å²) < 4.78 is 68.7. The lowest BCUT2D eigenvalue weighted by Gasteiger charge is -2.42. The van der Waals surface area contributed by atoms with Crippen molar-refractivity contribution in [3.05, 3.63) is 64.2 Å². The summed E-state index contributed by atoms with van der Waals surface area (Å²) in [6.45, 7) is 8.76. The summed E-state index contributed by atoms with van der Waals surface area (Å²) in [6.07, 6.45) is -1.32. The fraction of sp³-hybridized carbons (Fsp3) is 0.500. The summed E-state index contributed by atoms with van der Waals surface area (Å²) in [4.78, 5) is 29.1. The number of ether oxygens (including phenoxy) is 2. The van der Waals surface area contributed by atoms with Gasteiger partial charge in [-0.1, -0.05) is 11.6 Å². The average Bonchev–Trinajstić information content (AvgIpc) is 2.88. The maximum Gasteiger partial charge on any atom is 0.410 e. The molecule has 0 aromatic heterocycles. The number of nitrogens with zero attached hydrogens (tertiary/aromatic N) is 3. The van der Waals surface area contributed by atoms with Gasteiger partial charge in [-0.3, -0.25) is 4.79 Å². The molecular formula is C28H34ClF2N3O6S. The molecule has 2 aromatic rings. The molecule has 0 spiro atoms. The summed E-state index contributed by atoms with van der Waals surface area (Å²) in [5, 5.41) is -0.0594. The Kier molecular flexibility index (Phi) is 8.98. The molecule has 9 nitrogen and oxygen atoms in total. The fourth-order valence-electron chi connectivity index (χ4n) is 5.02. The average molecular weight is 614 g/mol. The molecule has 0 radical (unpaired) electrons. The molecule has 3 atom stereocenters. The number of amides is 2. The number of carbonyl (C=O) groups excluding carboxylic acids is 2. The zero-order valence-corrected chi connectivity index (χ0v) is 25.1. The van der Waals surface area contributed by atoms with Crippen molar-refractivity contribution in [1.29, 1.82) is 0 Å². The van der Waals surface area contributed by atoms with Crippen LogP contribution in [0.15, 0.2) is 41.3 Å². The molecule has 224 valence electrons. The standard InChI is InChI=1S/C28H34ClF2N3O6S/c1-17-14-33(15-18(2)39-17)41(37,38)25-12-19(6-8-22(25)29)26(35)34-11-10-32(27(36)40-28(3,4)5)16-24(34)21-13-20(30)7-9-23(21)31/h6-9,12-13,17-18,24H,10-11,14-16H2,1-5H3. The van der Waals surface area contributed by atoms with Crippen LogP contribution in [0.3, 0.4) is 0 Å². The van der Waals surface area contributed by atoms with E-state index < -0.39 is 45.3 Å². The molecule has 3 unspecified atom stereocenters. The van der Waals surface area contributed by atoms with Gasteiger partial charge in [0.2, 0.25) is 10.0 Å². The van der Waals surface area contributed by atoms with E-state index in [0.717, 1.165) is 18.2 Å². The highest BCUT2D eigenvalue weighted by Crippen LogP contribution is 2.33. The predicted molar refractivity (Wildman–Crippen MR) is 148 cm³/mol. The van der Waals surface area contributed by atoms with Crippen molar-refractivity contribution in [2.45, 2.75) is 63.4 Å². The van der Waals surface area contributed by atoms with Crippen molar-refractivity contribution in [1.82, 2.24) is 14.1 Å². The molecule has 4 rings (SSSR count). The number of hydrogen-bond acceptors (Lipinski definition) is 6. The largest absolute Gasteiger partial charge is 0.444 e. The van der Waals surface area contributed by atoms with Crippen LogP contribution >= 0.6 is 11.6 Å². The maximum atomic E-state index is 15.0. The second kappa shape index (κ2) is 11.8. The summed E-state index contributed by atoms with van der Waals surface area (Å²) in [5.41, 5.74) is -0.912. The van der Waals surface area contributed by atoms with Gasteiger partial charge >= 0.3 is 6.09 Å². The number of carbonyl (C=O) groups is 2. The SMILES string of the molecule is CC1CN(S(=O)(=O)c2cc(C(=O)N3CCN(C(=O)OC(C)(C)C)CC3c3cc(F)ccc3F)ccc2Cl)CC(C)O1. The second-order valence-electron chi connectivity index (χ2n) is 11.3. The third-order valence-electron chi connectivity index (χ3n) is 6.79. The maximum absolute atomic E-state index is 15.0. The Hall–Kier alpha value is -2.80. The Balaban J connectivity index is 1.69. The van der Waals surface area contributed by atoms with Gasteiger partial charge in [0, 0.05) is 43.9 Å². The Morgan fingerprint density at radius 2 is 1.66 bits per heavy atom. The summed E-state index contributed by atoms with van der Waals surface area (Å²) in [6, 6.07) is 5.73. The number of morpholine rings is 1. The van der Waals surface area contributed by atoms with E-state index in [0.29, 0.717) is 0 Å². The van der Waals surface area contributed by atoms with Crippen LogP contribution in [0, 0.1) is 11.6 Å². The minimum Gasteiger partial charge on any atom is -0.444 e. The van der Waals surface area contributed by atoms with E-state index >= 15 is 0 Å². The first-order valence-corrected chi connectivity index (χ1v) is 15.1. The van der Waals surface area contributed by atoms with E-state index in [1.54, 1.807) is 34.6 Å². The third kappa shape index (κ3) is 6.99. The van der Waals surface area contributed by atoms with E-state index in [-0.39, 0.29) is 66.0 Å². The minimum atomic E-state index is -4.09. The quantitative estimate of drug-likeness (QED) is 0.489. The summed E-state index contributed by atoms with van der Waals surface area (Å²) in [7, 11) is -4.09. The number of hydrogen-bond donors (Lipinski definition) is 0. The number of halogens is 3. The number of rotatable bonds is 4. The second-order valence-corrected chi connectivity index (χ2v) is 13.6. The van der Waals surface area contributed by atoms with E-state index in [1.165, 1.54) is 32.3 Å². The van der Waals surface area contributed by atoms with Crippen molar-refractivity contribution in [2.24, 2.45) is 0 Å². The van der Waals surface area contributed by atoms with Gasteiger partial charge < -0.3 is 19.3 Å². The van der Waals surface area contributed by atoms with Crippen LogP contribution in [0.4, 0.5) is 13.6 Å². The van der Waals surface area contributed by atoms with Gasteiger partial charge in [0.15, 0.2) is 0 Å². The Bertz CT molecular complexity index is 1420. The van der Waals surface area contributed by atoms with Crippen LogP contribution in [0.5, 0.6) is 0 Å². The first kappa shape index (κ1) is 31.1. The van der Waals surface area contributed by atoms with Crippen LogP contribution in [0.1, 0.15) is 56.6 Å². The van der Waals surface area contributed by atoms with Crippen molar-refractivity contribution in [2.75, 3.05) is 32.7 Å². The number of benzene rings is 2. The van der Waals surface area contributed by atoms with E-state index in [9.17, 15) is 26.8 Å². The molecule has 2 aliphatic heterocycles. The van der Waals surface area contributed by atoms with E-state index in [4.69, 9.17) is 21.1 Å². The molecule has 0 bridgehead atoms. The Morgan fingerprint density at radius 3 is 2.29 bits per heavy atom. The van der Waals surface area contributed by atoms with Gasteiger partial charge in [-0.25, -0.2) is 22.0 Å². The Morgan fingerprint density at radius 1 is 1.00 bits per heavy atom. The lowest BCUT2D eigenvalue weighted by Crippen LogP contribution is -2.53. The van der Waals surface area contributed by atoms with Crippen LogP contribution < -0.4 is 0 Å². The molecule has 0 N–H and O–H groups in total. The molecule has 0 saturated carbocycles. The van der Waals surface area contributed by atoms with Crippen LogP contribution in [-0.4, -0.2) is 85.1 Å². The van der Waals surface area contributed by atoms with Gasteiger partial charge in [-0.05, 0) is 71.0 Å². The van der Waals surface area contributed by atoms with E-state index in [1.807, 2.05) is 0 Å². The molecule has 2 fully saturated rings. The van der Waals surface area contributed by atoms with Crippen LogP contribution in [0.2, 0.25) is 5.02 Å². The molecule has 2 amide bonds. The third-order valence-corrected chi connectivity index (χ3v) is 9.11. The van der Waals surface area contributed by atoms with E-state index in [2.05, 4.69) is 0 Å². The first-order chi connectivity index (χ1) is 19.1.